The number of benzene rings is 1. The molecule has 0 bridgehead atoms. The number of fused-ring (bicyclic) bond motifs is 1. The van der Waals surface area contributed by atoms with Crippen LogP contribution in [-0.4, -0.2) is 40.7 Å². The van der Waals surface area contributed by atoms with Crippen LogP contribution in [0.2, 0.25) is 0 Å². The first kappa shape index (κ1) is 23.2. The van der Waals surface area contributed by atoms with Crippen molar-refractivity contribution < 1.29 is 4.74 Å². The molecular formula is C25H30N8O. The Morgan fingerprint density at radius 3 is 2.91 bits per heavy atom. The molecule has 34 heavy (non-hydrogen) atoms. The van der Waals surface area contributed by atoms with Gasteiger partial charge in [0.2, 0.25) is 0 Å². The van der Waals surface area contributed by atoms with Gasteiger partial charge in [-0.3, -0.25) is 10.3 Å². The lowest BCUT2D eigenvalue weighted by molar-refractivity contribution is 0.419. The smallest absolute Gasteiger partial charge is 0.173 e. The van der Waals surface area contributed by atoms with E-state index in [4.69, 9.17) is 4.74 Å². The number of hydrazone groups is 1. The number of aryl methyl sites for hydroxylation is 1. The van der Waals surface area contributed by atoms with Gasteiger partial charge in [-0.2, -0.15) is 5.10 Å². The van der Waals surface area contributed by atoms with Gasteiger partial charge < -0.3 is 15.4 Å². The van der Waals surface area contributed by atoms with Gasteiger partial charge in [0, 0.05) is 24.2 Å². The molecule has 0 radical (unpaired) electrons. The fraction of sp³-hybridized carbons (Fsp3) is 0.280. The SMILES string of the molecule is C/C=N\N1C=CC(Oc2ccc(Nc3ncnc4c3NC(NC)N=C4)cc2C)=CC1=C(C)CC. The summed E-state index contributed by atoms with van der Waals surface area (Å²) in [5, 5.41) is 16.0. The van der Waals surface area contributed by atoms with Gasteiger partial charge in [0.05, 0.1) is 11.9 Å². The Morgan fingerprint density at radius 1 is 1.32 bits per heavy atom. The average Bonchev–Trinajstić information content (AvgIpc) is 2.86. The van der Waals surface area contributed by atoms with E-state index in [0.29, 0.717) is 5.82 Å². The summed E-state index contributed by atoms with van der Waals surface area (Å²) in [5.41, 5.74) is 5.70. The monoisotopic (exact) mass is 458 g/mol. The van der Waals surface area contributed by atoms with E-state index < -0.39 is 0 Å². The maximum Gasteiger partial charge on any atom is 0.173 e. The van der Waals surface area contributed by atoms with E-state index in [-0.39, 0.29) is 6.29 Å². The van der Waals surface area contributed by atoms with Gasteiger partial charge in [0.1, 0.15) is 29.2 Å². The zero-order chi connectivity index (χ0) is 24.1. The molecule has 0 amide bonds. The number of aliphatic imine (C=N–C) groups is 1. The highest BCUT2D eigenvalue weighted by Crippen LogP contribution is 2.31. The Bertz CT molecular complexity index is 1210. The Morgan fingerprint density at radius 2 is 2.18 bits per heavy atom. The third-order valence-electron chi connectivity index (χ3n) is 5.56. The second kappa shape index (κ2) is 10.3. The predicted octanol–water partition coefficient (Wildman–Crippen LogP) is 4.66. The fourth-order valence-corrected chi connectivity index (χ4v) is 3.57. The van der Waals surface area contributed by atoms with Crippen LogP contribution in [0.5, 0.6) is 5.75 Å². The van der Waals surface area contributed by atoms with E-state index in [1.807, 2.05) is 62.5 Å². The Hall–Kier alpha value is -3.98. The normalized spacial score (nSPS) is 18.4. The minimum Gasteiger partial charge on any atom is -0.457 e. The van der Waals surface area contributed by atoms with Gasteiger partial charge in [0.25, 0.3) is 0 Å². The summed E-state index contributed by atoms with van der Waals surface area (Å²) in [5.74, 6) is 2.23. The summed E-state index contributed by atoms with van der Waals surface area (Å²) >= 11 is 0. The van der Waals surface area contributed by atoms with Crippen molar-refractivity contribution in [1.82, 2.24) is 20.3 Å². The number of hydrogen-bond donors (Lipinski definition) is 3. The standard InChI is InChI=1S/C25H30N8O/c1-6-16(3)21-13-19(10-11-33(21)30-7-2)34-22-9-8-18(12-17(22)4)31-24-23-20(28-15-29-24)14-27-25(26-5)32-23/h7-15,25-26,32H,6H2,1-5H3,(H,28,29,31)/b21-16?,30-7-. The van der Waals surface area contributed by atoms with Gasteiger partial charge in [-0.1, -0.05) is 6.92 Å². The molecule has 1 unspecified atom stereocenters. The second-order valence-corrected chi connectivity index (χ2v) is 7.90. The van der Waals surface area contributed by atoms with Crippen molar-refractivity contribution in [2.45, 2.75) is 40.4 Å². The molecule has 176 valence electrons. The number of anilines is 3. The quantitative estimate of drug-likeness (QED) is 0.519. The molecule has 0 aliphatic carbocycles. The van der Waals surface area contributed by atoms with E-state index in [2.05, 4.69) is 49.9 Å². The van der Waals surface area contributed by atoms with Crippen LogP contribution < -0.4 is 20.7 Å². The molecule has 0 fully saturated rings. The van der Waals surface area contributed by atoms with Crippen LogP contribution in [0.15, 0.2) is 70.0 Å². The largest absolute Gasteiger partial charge is 0.457 e. The molecule has 1 aromatic carbocycles. The van der Waals surface area contributed by atoms with Gasteiger partial charge >= 0.3 is 0 Å². The van der Waals surface area contributed by atoms with E-state index in [1.165, 1.54) is 11.9 Å². The lowest BCUT2D eigenvalue weighted by atomic mass is 10.1. The van der Waals surface area contributed by atoms with Crippen molar-refractivity contribution in [1.29, 1.82) is 0 Å². The molecule has 1 atom stereocenters. The summed E-state index contributed by atoms with van der Waals surface area (Å²) in [6.45, 7) is 8.17. The van der Waals surface area contributed by atoms with Crippen molar-refractivity contribution in [2.24, 2.45) is 10.1 Å². The maximum atomic E-state index is 6.23. The first-order valence-electron chi connectivity index (χ1n) is 11.3. The summed E-state index contributed by atoms with van der Waals surface area (Å²) < 4.78 is 6.23. The Kier molecular flexibility index (Phi) is 7.03. The lowest BCUT2D eigenvalue weighted by Crippen LogP contribution is -2.34. The first-order chi connectivity index (χ1) is 16.5. The average molecular weight is 459 g/mol. The Labute approximate surface area is 200 Å². The molecule has 9 heteroatoms. The molecule has 0 spiro atoms. The van der Waals surface area contributed by atoms with Crippen LogP contribution in [0.4, 0.5) is 17.2 Å². The minimum atomic E-state index is -0.220. The van der Waals surface area contributed by atoms with Gasteiger partial charge in [-0.15, -0.1) is 0 Å². The molecule has 3 N–H and O–H groups in total. The fourth-order valence-electron chi connectivity index (χ4n) is 3.57. The lowest BCUT2D eigenvalue weighted by Gasteiger charge is -2.23. The summed E-state index contributed by atoms with van der Waals surface area (Å²) in [6, 6.07) is 5.96. The zero-order valence-electron chi connectivity index (χ0n) is 20.1. The molecule has 4 rings (SSSR count). The number of aromatic nitrogens is 2. The molecule has 1 aromatic heterocycles. The van der Waals surface area contributed by atoms with Crippen molar-refractivity contribution >= 4 is 29.6 Å². The van der Waals surface area contributed by atoms with Gasteiger partial charge in [0.15, 0.2) is 12.1 Å². The van der Waals surface area contributed by atoms with Crippen molar-refractivity contribution in [3.05, 3.63) is 71.2 Å². The second-order valence-electron chi connectivity index (χ2n) is 7.90. The van der Waals surface area contributed by atoms with Crippen LogP contribution in [0.3, 0.4) is 0 Å². The third-order valence-corrected chi connectivity index (χ3v) is 5.56. The molecule has 0 saturated carbocycles. The topological polar surface area (TPSA) is 99.1 Å². The van der Waals surface area contributed by atoms with E-state index in [9.17, 15) is 0 Å². The summed E-state index contributed by atoms with van der Waals surface area (Å²) in [6.07, 6.45) is 11.6. The highest BCUT2D eigenvalue weighted by atomic mass is 16.5. The number of hydrogen-bond acceptors (Lipinski definition) is 9. The molecule has 2 aromatic rings. The number of rotatable bonds is 7. The minimum absolute atomic E-state index is 0.220. The van der Waals surface area contributed by atoms with Crippen LogP contribution in [-0.2, 0) is 0 Å². The van der Waals surface area contributed by atoms with Gasteiger partial charge in [-0.25, -0.2) is 15.0 Å². The molecule has 0 saturated heterocycles. The summed E-state index contributed by atoms with van der Waals surface area (Å²) in [4.78, 5) is 13.0. The van der Waals surface area contributed by atoms with Crippen LogP contribution >= 0.6 is 0 Å². The van der Waals surface area contributed by atoms with E-state index in [1.54, 1.807) is 12.4 Å². The van der Waals surface area contributed by atoms with Gasteiger partial charge in [-0.05, 0) is 69.7 Å². The van der Waals surface area contributed by atoms with Crippen molar-refractivity contribution in [3.63, 3.8) is 0 Å². The molecular weight excluding hydrogens is 428 g/mol. The van der Waals surface area contributed by atoms with E-state index >= 15 is 0 Å². The first-order valence-corrected chi connectivity index (χ1v) is 11.3. The van der Waals surface area contributed by atoms with Crippen LogP contribution in [0.25, 0.3) is 0 Å². The number of allylic oxidation sites excluding steroid dienone is 3. The molecule has 9 nitrogen and oxygen atoms in total. The number of nitrogens with zero attached hydrogens (tertiary/aromatic N) is 5. The van der Waals surface area contributed by atoms with Crippen molar-refractivity contribution in [3.8, 4) is 5.75 Å². The van der Waals surface area contributed by atoms with Crippen LogP contribution in [0.1, 0.15) is 38.4 Å². The van der Waals surface area contributed by atoms with E-state index in [0.717, 1.165) is 46.3 Å². The molecule has 2 aliphatic rings. The highest BCUT2D eigenvalue weighted by Gasteiger charge is 2.18. The zero-order valence-corrected chi connectivity index (χ0v) is 20.1. The van der Waals surface area contributed by atoms with Crippen molar-refractivity contribution in [2.75, 3.05) is 17.7 Å². The molecule has 3 heterocycles. The highest BCUT2D eigenvalue weighted by molar-refractivity contribution is 5.92. The predicted molar refractivity (Wildman–Crippen MR) is 137 cm³/mol. The number of ether oxygens (including phenoxy) is 1. The third kappa shape index (κ3) is 4.99. The maximum absolute atomic E-state index is 6.23. The number of nitrogens with one attached hydrogen (secondary N) is 3. The summed E-state index contributed by atoms with van der Waals surface area (Å²) in [7, 11) is 1.84. The molecule has 2 aliphatic heterocycles. The Balaban J connectivity index is 1.53. The van der Waals surface area contributed by atoms with Crippen LogP contribution in [0, 0.1) is 6.92 Å².